The molecule has 5 nitrogen and oxygen atoms in total. The Kier molecular flexibility index (Phi) is 4.49. The molecule has 0 radical (unpaired) electrons. The molecule has 0 spiro atoms. The minimum atomic E-state index is -1.08. The number of aryl methyl sites for hydroxylation is 1. The van der Waals surface area contributed by atoms with Crippen molar-refractivity contribution in [2.45, 2.75) is 25.6 Å². The van der Waals surface area contributed by atoms with E-state index < -0.39 is 12.2 Å². The molecule has 6 heteroatoms. The van der Waals surface area contributed by atoms with Gasteiger partial charge in [-0.1, -0.05) is 11.6 Å². The lowest BCUT2D eigenvalue weighted by atomic mass is 10.0. The van der Waals surface area contributed by atoms with Gasteiger partial charge in [0, 0.05) is 34.1 Å². The van der Waals surface area contributed by atoms with Gasteiger partial charge in [0.25, 0.3) is 5.91 Å². The number of carbonyl (C=O) groups is 1. The molecule has 126 valence electrons. The van der Waals surface area contributed by atoms with Gasteiger partial charge >= 0.3 is 0 Å². The maximum absolute atomic E-state index is 13.0. The number of hydrogen-bond donors (Lipinski definition) is 3. The summed E-state index contributed by atoms with van der Waals surface area (Å²) in [6, 6.07) is 10.1. The third-order valence-corrected chi connectivity index (χ3v) is 4.57. The third-order valence-electron chi connectivity index (χ3n) is 4.34. The van der Waals surface area contributed by atoms with Crippen LogP contribution in [0.4, 0.5) is 11.4 Å². The highest BCUT2D eigenvalue weighted by Crippen LogP contribution is 2.36. The van der Waals surface area contributed by atoms with Crippen molar-refractivity contribution in [2.24, 2.45) is 0 Å². The summed E-state index contributed by atoms with van der Waals surface area (Å²) in [6.07, 6.45) is -1.76. The molecule has 0 saturated carbocycles. The normalized spacial score (nSPS) is 20.4. The fraction of sp³-hybridized carbons (Fsp3) is 0.278. The predicted molar refractivity (Wildman–Crippen MR) is 94.3 cm³/mol. The number of nitrogens with zero attached hydrogens (tertiary/aromatic N) is 1. The van der Waals surface area contributed by atoms with Crippen LogP contribution in [0.5, 0.6) is 0 Å². The third kappa shape index (κ3) is 2.98. The van der Waals surface area contributed by atoms with E-state index in [1.165, 1.54) is 0 Å². The molecule has 0 saturated heterocycles. The van der Waals surface area contributed by atoms with Gasteiger partial charge in [0.1, 0.15) is 6.10 Å². The van der Waals surface area contributed by atoms with Gasteiger partial charge in [0.2, 0.25) is 0 Å². The number of nitrogens with two attached hydrogens (primary N) is 1. The molecule has 3 rings (SSSR count). The number of nitrogen functional groups attached to an aromatic ring is 1. The van der Waals surface area contributed by atoms with E-state index in [1.54, 1.807) is 41.3 Å². The first-order valence-corrected chi connectivity index (χ1v) is 8.10. The summed E-state index contributed by atoms with van der Waals surface area (Å²) < 4.78 is 0. The van der Waals surface area contributed by atoms with Crippen LogP contribution in [0.2, 0.25) is 5.02 Å². The number of aliphatic hydroxyl groups is 2. The highest BCUT2D eigenvalue weighted by atomic mass is 35.5. The largest absolute Gasteiger partial charge is 0.399 e. The summed E-state index contributed by atoms with van der Waals surface area (Å²) in [5, 5.41) is 20.9. The molecule has 4 N–H and O–H groups in total. The van der Waals surface area contributed by atoms with E-state index >= 15 is 0 Å². The monoisotopic (exact) mass is 346 g/mol. The number of aliphatic hydroxyl groups excluding tert-OH is 2. The maximum atomic E-state index is 13.0. The summed E-state index contributed by atoms with van der Waals surface area (Å²) in [4.78, 5) is 14.6. The van der Waals surface area contributed by atoms with Gasteiger partial charge < -0.3 is 20.8 Å². The zero-order valence-electron chi connectivity index (χ0n) is 13.2. The van der Waals surface area contributed by atoms with Crippen LogP contribution in [-0.2, 0) is 0 Å². The number of carbonyl (C=O) groups excluding carboxylic acids is 1. The predicted octanol–water partition coefficient (Wildman–Crippen LogP) is 2.68. The molecule has 0 unspecified atom stereocenters. The second-order valence-electron chi connectivity index (χ2n) is 6.04. The molecule has 2 atom stereocenters. The van der Waals surface area contributed by atoms with E-state index in [0.717, 1.165) is 5.56 Å². The Morgan fingerprint density at radius 1 is 1.25 bits per heavy atom. The van der Waals surface area contributed by atoms with Crippen LogP contribution < -0.4 is 10.6 Å². The van der Waals surface area contributed by atoms with Gasteiger partial charge in [-0.3, -0.25) is 4.79 Å². The first-order chi connectivity index (χ1) is 11.4. The lowest BCUT2D eigenvalue weighted by molar-refractivity contribution is 0.0176. The SMILES string of the molecule is Cc1cc(N)ccc1C(=O)N1CC[C@H](O)[C@H](O)c2cc(Cl)ccc21. The van der Waals surface area contributed by atoms with Crippen molar-refractivity contribution in [2.75, 3.05) is 17.2 Å². The van der Waals surface area contributed by atoms with Gasteiger partial charge in [-0.25, -0.2) is 0 Å². The molecule has 0 aliphatic carbocycles. The quantitative estimate of drug-likeness (QED) is 0.693. The second kappa shape index (κ2) is 6.43. The Hall–Kier alpha value is -2.08. The Labute approximate surface area is 145 Å². The van der Waals surface area contributed by atoms with Crippen molar-refractivity contribution in [3.8, 4) is 0 Å². The molecular formula is C18H19ClN2O3. The molecule has 1 heterocycles. The Bertz CT molecular complexity index is 794. The molecular weight excluding hydrogens is 328 g/mol. The van der Waals surface area contributed by atoms with Gasteiger partial charge in [0.05, 0.1) is 6.10 Å². The molecule has 0 bridgehead atoms. The minimum Gasteiger partial charge on any atom is -0.399 e. The van der Waals surface area contributed by atoms with Crippen molar-refractivity contribution >= 4 is 28.9 Å². The van der Waals surface area contributed by atoms with E-state index in [2.05, 4.69) is 0 Å². The number of hydrogen-bond acceptors (Lipinski definition) is 4. The summed E-state index contributed by atoms with van der Waals surface area (Å²) in [5.74, 6) is -0.197. The number of benzene rings is 2. The van der Waals surface area contributed by atoms with E-state index in [0.29, 0.717) is 34.1 Å². The number of anilines is 2. The van der Waals surface area contributed by atoms with Gasteiger partial charge in [-0.2, -0.15) is 0 Å². The minimum absolute atomic E-state index is 0.197. The number of halogens is 1. The zero-order valence-corrected chi connectivity index (χ0v) is 14.0. The van der Waals surface area contributed by atoms with E-state index in [1.807, 2.05) is 6.92 Å². The van der Waals surface area contributed by atoms with Crippen molar-refractivity contribution in [1.82, 2.24) is 0 Å². The van der Waals surface area contributed by atoms with Crippen molar-refractivity contribution in [1.29, 1.82) is 0 Å². The maximum Gasteiger partial charge on any atom is 0.258 e. The molecule has 2 aromatic rings. The number of fused-ring (bicyclic) bond motifs is 1. The van der Waals surface area contributed by atoms with Gasteiger partial charge in [-0.15, -0.1) is 0 Å². The molecule has 24 heavy (non-hydrogen) atoms. The first-order valence-electron chi connectivity index (χ1n) is 7.72. The van der Waals surface area contributed by atoms with Crippen molar-refractivity contribution in [3.05, 3.63) is 58.1 Å². The fourth-order valence-electron chi connectivity index (χ4n) is 3.04. The summed E-state index contributed by atoms with van der Waals surface area (Å²) in [5.41, 5.74) is 8.68. The molecule has 1 aliphatic heterocycles. The number of rotatable bonds is 1. The molecule has 1 aliphatic rings. The fourth-order valence-corrected chi connectivity index (χ4v) is 3.22. The average molecular weight is 347 g/mol. The van der Waals surface area contributed by atoms with E-state index in [4.69, 9.17) is 17.3 Å². The summed E-state index contributed by atoms with van der Waals surface area (Å²) in [7, 11) is 0. The van der Waals surface area contributed by atoms with Crippen molar-refractivity contribution in [3.63, 3.8) is 0 Å². The standard InChI is InChI=1S/C18H19ClN2O3/c1-10-8-12(20)3-4-13(10)18(24)21-7-6-16(22)17(23)14-9-11(19)2-5-15(14)21/h2-5,8-9,16-17,22-23H,6-7,20H2,1H3/t16-,17+/m0/s1. The highest BCUT2D eigenvalue weighted by molar-refractivity contribution is 6.30. The number of amides is 1. The average Bonchev–Trinajstić information content (AvgIpc) is 2.65. The molecule has 0 fully saturated rings. The van der Waals surface area contributed by atoms with Crippen LogP contribution in [0.1, 0.15) is 34.0 Å². The molecule has 1 amide bonds. The highest BCUT2D eigenvalue weighted by Gasteiger charge is 2.31. The lowest BCUT2D eigenvalue weighted by Gasteiger charge is -2.24. The smallest absolute Gasteiger partial charge is 0.258 e. The first kappa shape index (κ1) is 16.8. The van der Waals surface area contributed by atoms with Crippen LogP contribution in [0.25, 0.3) is 0 Å². The van der Waals surface area contributed by atoms with Crippen LogP contribution in [0.15, 0.2) is 36.4 Å². The van der Waals surface area contributed by atoms with Gasteiger partial charge in [0.15, 0.2) is 0 Å². The Morgan fingerprint density at radius 3 is 2.71 bits per heavy atom. The van der Waals surface area contributed by atoms with Gasteiger partial charge in [-0.05, 0) is 55.3 Å². The Morgan fingerprint density at radius 2 is 2.00 bits per heavy atom. The van der Waals surface area contributed by atoms with E-state index in [9.17, 15) is 15.0 Å². The van der Waals surface area contributed by atoms with Crippen LogP contribution in [0, 0.1) is 6.92 Å². The summed E-state index contributed by atoms with van der Waals surface area (Å²) >= 11 is 6.02. The summed E-state index contributed by atoms with van der Waals surface area (Å²) in [6.45, 7) is 2.13. The van der Waals surface area contributed by atoms with E-state index in [-0.39, 0.29) is 12.3 Å². The van der Waals surface area contributed by atoms with Crippen LogP contribution >= 0.6 is 11.6 Å². The second-order valence-corrected chi connectivity index (χ2v) is 6.47. The molecule has 0 aromatic heterocycles. The van der Waals surface area contributed by atoms with Crippen LogP contribution in [-0.4, -0.2) is 28.8 Å². The lowest BCUT2D eigenvalue weighted by Crippen LogP contribution is -2.33. The molecule has 2 aromatic carbocycles. The van der Waals surface area contributed by atoms with Crippen LogP contribution in [0.3, 0.4) is 0 Å². The zero-order chi connectivity index (χ0) is 17.4. The topological polar surface area (TPSA) is 86.8 Å². The van der Waals surface area contributed by atoms with Crippen molar-refractivity contribution < 1.29 is 15.0 Å². The Balaban J connectivity index is 2.07.